The van der Waals surface area contributed by atoms with Gasteiger partial charge >= 0.3 is 0 Å². The molecule has 142 valence electrons. The Bertz CT molecular complexity index is 689. The fourth-order valence-corrected chi connectivity index (χ4v) is 7.65. The molecule has 0 aromatic carbocycles. The van der Waals surface area contributed by atoms with E-state index in [1.165, 1.54) is 44.3 Å². The van der Waals surface area contributed by atoms with Crippen LogP contribution < -0.4 is 0 Å². The molecule has 4 rings (SSSR count). The number of hydrogen-bond acceptors (Lipinski definition) is 1. The van der Waals surface area contributed by atoms with Crippen molar-refractivity contribution in [3.05, 3.63) is 23.5 Å². The van der Waals surface area contributed by atoms with E-state index in [1.54, 1.807) is 5.57 Å². The van der Waals surface area contributed by atoms with Gasteiger partial charge < -0.3 is 4.74 Å². The Balaban J connectivity index is 1.64. The summed E-state index contributed by atoms with van der Waals surface area (Å²) >= 11 is 0. The summed E-state index contributed by atoms with van der Waals surface area (Å²) in [5.74, 6) is 11.9. The van der Waals surface area contributed by atoms with Gasteiger partial charge in [0.1, 0.15) is 0 Å². The van der Waals surface area contributed by atoms with E-state index in [4.69, 9.17) is 4.74 Å². The lowest BCUT2D eigenvalue weighted by Gasteiger charge is -2.57. The SMILES string of the molecule is CC#CC(C)C1CCC2C3CC=C4C=C(OC)CCC4(C)C3CCC12C. The first-order chi connectivity index (χ1) is 12.4. The lowest BCUT2D eigenvalue weighted by Crippen LogP contribution is -2.49. The number of fused-ring (bicyclic) bond motifs is 5. The molecule has 26 heavy (non-hydrogen) atoms. The van der Waals surface area contributed by atoms with Gasteiger partial charge in [0.05, 0.1) is 12.9 Å². The van der Waals surface area contributed by atoms with Crippen molar-refractivity contribution in [2.24, 2.45) is 40.4 Å². The highest BCUT2D eigenvalue weighted by molar-refractivity contribution is 5.35. The minimum absolute atomic E-state index is 0.374. The van der Waals surface area contributed by atoms with Crippen LogP contribution in [0.2, 0.25) is 0 Å². The maximum Gasteiger partial charge on any atom is 0.0958 e. The van der Waals surface area contributed by atoms with Crippen molar-refractivity contribution in [2.45, 2.75) is 72.6 Å². The fraction of sp³-hybridized carbons (Fsp3) is 0.760. The molecule has 0 aromatic heterocycles. The van der Waals surface area contributed by atoms with E-state index in [2.05, 4.69) is 44.8 Å². The Labute approximate surface area is 160 Å². The summed E-state index contributed by atoms with van der Waals surface area (Å²) in [5, 5.41) is 0. The zero-order valence-corrected chi connectivity index (χ0v) is 17.4. The highest BCUT2D eigenvalue weighted by Crippen LogP contribution is 2.66. The minimum Gasteiger partial charge on any atom is -0.501 e. The molecule has 0 radical (unpaired) electrons. The Kier molecular flexibility index (Phi) is 4.53. The summed E-state index contributed by atoms with van der Waals surface area (Å²) in [6, 6.07) is 0. The first-order valence-corrected chi connectivity index (χ1v) is 10.8. The second-order valence-corrected chi connectivity index (χ2v) is 9.92. The van der Waals surface area contributed by atoms with Gasteiger partial charge in [-0.15, -0.1) is 11.8 Å². The molecule has 0 saturated heterocycles. The molecule has 0 bridgehead atoms. The molecular weight excluding hydrogens is 316 g/mol. The largest absolute Gasteiger partial charge is 0.501 e. The quantitative estimate of drug-likeness (QED) is 0.525. The Morgan fingerprint density at radius 3 is 2.69 bits per heavy atom. The van der Waals surface area contributed by atoms with E-state index in [-0.39, 0.29) is 0 Å². The van der Waals surface area contributed by atoms with Crippen LogP contribution in [0.4, 0.5) is 0 Å². The van der Waals surface area contributed by atoms with Gasteiger partial charge in [-0.1, -0.05) is 26.8 Å². The molecule has 0 spiro atoms. The third-order valence-electron chi connectivity index (χ3n) is 9.04. The van der Waals surface area contributed by atoms with Crippen LogP contribution in [0, 0.1) is 52.3 Å². The molecule has 2 saturated carbocycles. The van der Waals surface area contributed by atoms with Crippen molar-refractivity contribution in [3.63, 3.8) is 0 Å². The Morgan fingerprint density at radius 1 is 1.15 bits per heavy atom. The van der Waals surface area contributed by atoms with Crippen molar-refractivity contribution in [2.75, 3.05) is 7.11 Å². The number of rotatable bonds is 2. The lowest BCUT2D eigenvalue weighted by molar-refractivity contribution is -0.0419. The van der Waals surface area contributed by atoms with Crippen molar-refractivity contribution in [1.29, 1.82) is 0 Å². The van der Waals surface area contributed by atoms with Gasteiger partial charge in [0, 0.05) is 12.3 Å². The molecule has 7 unspecified atom stereocenters. The molecule has 1 nitrogen and oxygen atoms in total. The van der Waals surface area contributed by atoms with E-state index in [9.17, 15) is 0 Å². The van der Waals surface area contributed by atoms with E-state index in [0.717, 1.165) is 30.1 Å². The normalized spacial score (nSPS) is 45.1. The molecular formula is C25H36O. The monoisotopic (exact) mass is 352 g/mol. The molecule has 4 aliphatic rings. The zero-order chi connectivity index (χ0) is 18.5. The molecule has 1 heteroatoms. The Morgan fingerprint density at radius 2 is 1.96 bits per heavy atom. The Hall–Kier alpha value is -1.16. The van der Waals surface area contributed by atoms with E-state index in [1.807, 2.05) is 14.0 Å². The smallest absolute Gasteiger partial charge is 0.0958 e. The fourth-order valence-electron chi connectivity index (χ4n) is 7.65. The summed E-state index contributed by atoms with van der Waals surface area (Å²) in [6.07, 6.45) is 14.2. The molecule has 7 atom stereocenters. The van der Waals surface area contributed by atoms with E-state index < -0.39 is 0 Å². The van der Waals surface area contributed by atoms with Gasteiger partial charge in [-0.3, -0.25) is 0 Å². The van der Waals surface area contributed by atoms with Crippen LogP contribution in [-0.4, -0.2) is 7.11 Å². The third-order valence-corrected chi connectivity index (χ3v) is 9.04. The van der Waals surface area contributed by atoms with Crippen LogP contribution >= 0.6 is 0 Å². The molecule has 0 heterocycles. The molecule has 0 aliphatic heterocycles. The van der Waals surface area contributed by atoms with Crippen molar-refractivity contribution >= 4 is 0 Å². The first-order valence-electron chi connectivity index (χ1n) is 10.8. The van der Waals surface area contributed by atoms with Crippen molar-refractivity contribution in [3.8, 4) is 11.8 Å². The molecule has 4 aliphatic carbocycles. The van der Waals surface area contributed by atoms with Crippen LogP contribution in [-0.2, 0) is 4.74 Å². The predicted octanol–water partition coefficient (Wildman–Crippen LogP) is 6.37. The van der Waals surface area contributed by atoms with Gasteiger partial charge in [0.2, 0.25) is 0 Å². The van der Waals surface area contributed by atoms with Gasteiger partial charge in [-0.2, -0.15) is 0 Å². The van der Waals surface area contributed by atoms with Gasteiger partial charge in [0.15, 0.2) is 0 Å². The highest BCUT2D eigenvalue weighted by atomic mass is 16.5. The third kappa shape index (κ3) is 2.51. The number of ether oxygens (including phenoxy) is 1. The number of methoxy groups -OCH3 is 1. The van der Waals surface area contributed by atoms with Gasteiger partial charge in [-0.25, -0.2) is 0 Å². The molecule has 0 aromatic rings. The van der Waals surface area contributed by atoms with Crippen LogP contribution in [0.5, 0.6) is 0 Å². The van der Waals surface area contributed by atoms with E-state index >= 15 is 0 Å². The maximum absolute atomic E-state index is 5.58. The second-order valence-electron chi connectivity index (χ2n) is 9.92. The molecule has 0 amide bonds. The maximum atomic E-state index is 5.58. The standard InChI is InChI=1S/C25H36O/c1-6-7-17(2)21-10-11-22-20-9-8-18-16-19(26-5)12-14-24(18,3)23(20)13-15-25(21,22)4/h8,16-17,20-23H,9-15H2,1-5H3. The number of hydrogen-bond donors (Lipinski definition) is 0. The van der Waals surface area contributed by atoms with E-state index in [0.29, 0.717) is 16.7 Å². The van der Waals surface area contributed by atoms with Crippen molar-refractivity contribution in [1.82, 2.24) is 0 Å². The number of allylic oxidation sites excluding steroid dienone is 4. The van der Waals surface area contributed by atoms with Gasteiger partial charge in [-0.05, 0) is 91.6 Å². The van der Waals surface area contributed by atoms with Crippen LogP contribution in [0.15, 0.2) is 23.5 Å². The van der Waals surface area contributed by atoms with Crippen molar-refractivity contribution < 1.29 is 4.74 Å². The second kappa shape index (κ2) is 6.47. The lowest BCUT2D eigenvalue weighted by atomic mass is 9.47. The predicted molar refractivity (Wildman–Crippen MR) is 108 cm³/mol. The molecule has 0 N–H and O–H groups in total. The van der Waals surface area contributed by atoms with Crippen LogP contribution in [0.25, 0.3) is 0 Å². The average Bonchev–Trinajstić information content (AvgIpc) is 2.98. The highest BCUT2D eigenvalue weighted by Gasteiger charge is 2.58. The summed E-state index contributed by atoms with van der Waals surface area (Å²) in [6.45, 7) is 9.55. The zero-order valence-electron chi connectivity index (χ0n) is 17.4. The summed E-state index contributed by atoms with van der Waals surface area (Å²) < 4.78 is 5.58. The minimum atomic E-state index is 0.374. The first kappa shape index (κ1) is 18.2. The topological polar surface area (TPSA) is 9.23 Å². The van der Waals surface area contributed by atoms with Crippen LogP contribution in [0.1, 0.15) is 72.6 Å². The summed E-state index contributed by atoms with van der Waals surface area (Å²) in [4.78, 5) is 0. The molecule has 2 fully saturated rings. The van der Waals surface area contributed by atoms with Gasteiger partial charge in [0.25, 0.3) is 0 Å². The summed E-state index contributed by atoms with van der Waals surface area (Å²) in [7, 11) is 1.83. The summed E-state index contributed by atoms with van der Waals surface area (Å²) in [5.41, 5.74) is 2.46. The van der Waals surface area contributed by atoms with Crippen LogP contribution in [0.3, 0.4) is 0 Å². The average molecular weight is 353 g/mol.